The number of nitrogens with one attached hydrogen (secondary N) is 2. The molecule has 0 aliphatic heterocycles. The zero-order chi connectivity index (χ0) is 35.7. The van der Waals surface area contributed by atoms with Gasteiger partial charge in [-0.1, -0.05) is 19.6 Å². The number of hydrogen-bond donors (Lipinski definition) is 3. The number of alkyl halides is 6. The van der Waals surface area contributed by atoms with Gasteiger partial charge in [0.25, 0.3) is 0 Å². The molecular formula is C30H48F7N5O3SSi. The highest BCUT2D eigenvalue weighted by Crippen LogP contribution is 2.42. The minimum absolute atomic E-state index is 0.0114. The molecule has 6 atom stereocenters. The molecule has 1 aliphatic rings. The van der Waals surface area contributed by atoms with Crippen LogP contribution in [0.3, 0.4) is 0 Å². The van der Waals surface area contributed by atoms with Gasteiger partial charge in [0.05, 0.1) is 11.6 Å². The Hall–Kier alpha value is -1.47. The fourth-order valence-electron chi connectivity index (χ4n) is 4.82. The van der Waals surface area contributed by atoms with Crippen molar-refractivity contribution in [3.05, 3.63) is 29.3 Å². The van der Waals surface area contributed by atoms with Crippen molar-refractivity contribution < 1.29 is 44.8 Å². The molecule has 1 aromatic carbocycles. The Morgan fingerprint density at radius 1 is 1.09 bits per heavy atom. The van der Waals surface area contributed by atoms with E-state index >= 15 is 4.39 Å². The van der Waals surface area contributed by atoms with Gasteiger partial charge in [0.15, 0.2) is 6.10 Å². The van der Waals surface area contributed by atoms with Crippen molar-refractivity contribution in [2.75, 3.05) is 13.2 Å². The van der Waals surface area contributed by atoms with Gasteiger partial charge in [-0.3, -0.25) is 4.57 Å². The number of benzene rings is 1. The molecule has 17 heteroatoms. The third-order valence-electron chi connectivity index (χ3n) is 7.91. The Kier molecular flexibility index (Phi) is 12.9. The van der Waals surface area contributed by atoms with Crippen molar-refractivity contribution in [2.45, 2.75) is 127 Å². The van der Waals surface area contributed by atoms with E-state index < -0.39 is 79.2 Å². The molecule has 8 nitrogen and oxygen atoms in total. The van der Waals surface area contributed by atoms with Gasteiger partial charge in [-0.25, -0.2) is 9.37 Å². The van der Waals surface area contributed by atoms with Crippen molar-refractivity contribution in [3.8, 4) is 0 Å². The SMILES string of the molecule is C[C@@H](O[C@H](C)C(F)(F)F)[C@H](N[S+]([O-])C(C)(C)C)c1nc2cc([C@H](NC[C@H](N)C(F)(F)F)C3CC3)cc(F)c2n1COCC[Si](C)(C)C. The van der Waals surface area contributed by atoms with E-state index in [4.69, 9.17) is 15.2 Å². The molecule has 270 valence electrons. The molecule has 0 radical (unpaired) electrons. The van der Waals surface area contributed by atoms with Crippen molar-refractivity contribution in [2.24, 2.45) is 11.7 Å². The van der Waals surface area contributed by atoms with E-state index in [1.165, 1.54) is 17.6 Å². The normalized spacial score (nSPS) is 19.1. The predicted octanol–water partition coefficient (Wildman–Crippen LogP) is 6.87. The summed E-state index contributed by atoms with van der Waals surface area (Å²) in [5.41, 5.74) is 5.78. The van der Waals surface area contributed by atoms with Crippen molar-refractivity contribution >= 4 is 30.5 Å². The monoisotopic (exact) mass is 719 g/mol. The zero-order valence-electron chi connectivity index (χ0n) is 28.1. The van der Waals surface area contributed by atoms with Gasteiger partial charge in [-0.05, 0) is 77.1 Å². The molecule has 1 aliphatic carbocycles. The minimum atomic E-state index is -4.68. The summed E-state index contributed by atoms with van der Waals surface area (Å²) < 4.78 is 124. The third-order valence-corrected chi connectivity index (χ3v) is 11.2. The van der Waals surface area contributed by atoms with E-state index in [1.54, 1.807) is 26.8 Å². The number of hydrogen-bond acceptors (Lipinski definition) is 7. The van der Waals surface area contributed by atoms with E-state index in [0.29, 0.717) is 12.2 Å². The van der Waals surface area contributed by atoms with Crippen LogP contribution >= 0.6 is 0 Å². The maximum Gasteiger partial charge on any atom is 0.414 e. The van der Waals surface area contributed by atoms with Crippen LogP contribution in [0.1, 0.15) is 70.9 Å². The average molecular weight is 720 g/mol. The molecule has 2 aromatic rings. The lowest BCUT2D eigenvalue weighted by molar-refractivity contribution is -0.227. The lowest BCUT2D eigenvalue weighted by atomic mass is 10.0. The first-order valence-corrected chi connectivity index (χ1v) is 20.5. The molecule has 47 heavy (non-hydrogen) atoms. The lowest BCUT2D eigenvalue weighted by Crippen LogP contribution is -2.47. The number of nitrogens with two attached hydrogens (primary N) is 1. The largest absolute Gasteiger partial charge is 0.598 e. The molecule has 0 spiro atoms. The highest BCUT2D eigenvalue weighted by molar-refractivity contribution is 7.90. The molecule has 1 saturated carbocycles. The Morgan fingerprint density at radius 3 is 2.21 bits per heavy atom. The molecule has 1 unspecified atom stereocenters. The summed E-state index contributed by atoms with van der Waals surface area (Å²) in [7, 11) is -1.52. The lowest BCUT2D eigenvalue weighted by Gasteiger charge is -2.32. The summed E-state index contributed by atoms with van der Waals surface area (Å²) >= 11 is -1.81. The molecule has 3 rings (SSSR count). The van der Waals surface area contributed by atoms with Crippen LogP contribution in [0.25, 0.3) is 11.0 Å². The summed E-state index contributed by atoms with van der Waals surface area (Å²) in [6, 6.07) is -0.402. The Labute approximate surface area is 276 Å². The highest BCUT2D eigenvalue weighted by atomic mass is 32.2. The summed E-state index contributed by atoms with van der Waals surface area (Å²) in [5.74, 6) is -0.747. The maximum absolute atomic E-state index is 16.1. The first-order chi connectivity index (χ1) is 21.4. The molecule has 1 fully saturated rings. The summed E-state index contributed by atoms with van der Waals surface area (Å²) in [6.45, 7) is 13.3. The topological polar surface area (TPSA) is 109 Å². The molecule has 0 amide bonds. The Balaban J connectivity index is 2.13. The number of ether oxygens (including phenoxy) is 2. The van der Waals surface area contributed by atoms with E-state index in [2.05, 4.69) is 34.7 Å². The molecular weight excluding hydrogens is 672 g/mol. The number of fused-ring (bicyclic) bond motifs is 1. The van der Waals surface area contributed by atoms with Crippen LogP contribution in [-0.2, 0) is 27.6 Å². The van der Waals surface area contributed by atoms with Crippen LogP contribution < -0.4 is 15.8 Å². The summed E-state index contributed by atoms with van der Waals surface area (Å²) in [6.07, 6.45) is -11.3. The summed E-state index contributed by atoms with van der Waals surface area (Å²) in [5, 5.41) is 2.85. The van der Waals surface area contributed by atoms with Crippen LogP contribution in [0.2, 0.25) is 25.7 Å². The van der Waals surface area contributed by atoms with Crippen LogP contribution in [0.4, 0.5) is 30.7 Å². The number of aromatic nitrogens is 2. The number of halogens is 7. The first-order valence-electron chi connectivity index (χ1n) is 15.6. The molecule has 1 aromatic heterocycles. The quantitative estimate of drug-likeness (QED) is 0.0753. The third kappa shape index (κ3) is 11.3. The number of imidazole rings is 1. The average Bonchev–Trinajstić information content (AvgIpc) is 3.68. The van der Waals surface area contributed by atoms with Gasteiger partial charge in [0.2, 0.25) is 0 Å². The van der Waals surface area contributed by atoms with Crippen molar-refractivity contribution in [3.63, 3.8) is 0 Å². The van der Waals surface area contributed by atoms with E-state index in [-0.39, 0.29) is 29.5 Å². The fraction of sp³-hybridized carbons (Fsp3) is 0.767. The van der Waals surface area contributed by atoms with Gasteiger partial charge >= 0.3 is 12.4 Å². The fourth-order valence-corrected chi connectivity index (χ4v) is 6.46. The standard InChI is InChI=1S/C30H48F7N5O3SSi/c1-17(45-18(2)29(32,33)34)24(41-46(43)28(3,4)5)27-40-22-14-20(25(19-9-10-19)39-15-23(38)30(35,36)37)13-21(31)26(22)42(27)16-44-11-12-47(6,7)8/h13-14,17-19,23-25,39,41H,9-12,15-16,38H2,1-8H3/t17-,18-,23+,24+,25-,46?/m1/s1. The second-order valence-electron chi connectivity index (χ2n) is 14.5. The van der Waals surface area contributed by atoms with Crippen molar-refractivity contribution in [1.29, 1.82) is 0 Å². The molecule has 0 saturated heterocycles. The molecule has 4 N–H and O–H groups in total. The predicted molar refractivity (Wildman–Crippen MR) is 171 cm³/mol. The summed E-state index contributed by atoms with van der Waals surface area (Å²) in [4.78, 5) is 4.65. The Bertz CT molecular complexity index is 1330. The smallest absolute Gasteiger partial charge is 0.414 e. The van der Waals surface area contributed by atoms with Crippen molar-refractivity contribution in [1.82, 2.24) is 19.6 Å². The first kappa shape index (κ1) is 40.0. The highest BCUT2D eigenvalue weighted by Gasteiger charge is 2.43. The van der Waals surface area contributed by atoms with Crippen LogP contribution in [0.15, 0.2) is 12.1 Å². The molecule has 1 heterocycles. The zero-order valence-corrected chi connectivity index (χ0v) is 29.9. The maximum atomic E-state index is 16.1. The number of rotatable bonds is 16. The van der Waals surface area contributed by atoms with Gasteiger partial charge in [0.1, 0.15) is 40.7 Å². The van der Waals surface area contributed by atoms with E-state index in [9.17, 15) is 30.9 Å². The van der Waals surface area contributed by atoms with Crippen LogP contribution in [0, 0.1) is 11.7 Å². The Morgan fingerprint density at radius 2 is 1.70 bits per heavy atom. The van der Waals surface area contributed by atoms with E-state index in [0.717, 1.165) is 25.8 Å². The molecule has 0 bridgehead atoms. The van der Waals surface area contributed by atoms with Crippen LogP contribution in [-0.4, -0.2) is 70.7 Å². The second kappa shape index (κ2) is 15.2. The van der Waals surface area contributed by atoms with Gasteiger partial charge in [-0.2, -0.15) is 26.3 Å². The van der Waals surface area contributed by atoms with Crippen LogP contribution in [0.5, 0.6) is 0 Å². The minimum Gasteiger partial charge on any atom is -0.598 e. The van der Waals surface area contributed by atoms with Gasteiger partial charge in [0, 0.05) is 38.6 Å². The second-order valence-corrected chi connectivity index (χ2v) is 22.1. The number of nitrogens with zero attached hydrogens (tertiary/aromatic N) is 2. The van der Waals surface area contributed by atoms with E-state index in [1.807, 2.05) is 0 Å². The van der Waals surface area contributed by atoms with Gasteiger partial charge < -0.3 is 25.1 Å². The van der Waals surface area contributed by atoms with Gasteiger partial charge in [-0.15, -0.1) is 4.72 Å².